The molecule has 0 saturated carbocycles. The van der Waals surface area contributed by atoms with Crippen molar-refractivity contribution in [1.29, 1.82) is 0 Å². The fourth-order valence-electron chi connectivity index (χ4n) is 2.22. The van der Waals surface area contributed by atoms with Gasteiger partial charge in [-0.15, -0.1) is 0 Å². The van der Waals surface area contributed by atoms with E-state index < -0.39 is 0 Å². The minimum Gasteiger partial charge on any atom is -0.302 e. The zero-order valence-electron chi connectivity index (χ0n) is 9.82. The van der Waals surface area contributed by atoms with Crippen LogP contribution in [0.5, 0.6) is 0 Å². The van der Waals surface area contributed by atoms with E-state index in [1.165, 1.54) is 31.5 Å². The van der Waals surface area contributed by atoms with Crippen LogP contribution in [-0.2, 0) is 0 Å². The maximum absolute atomic E-state index is 5.89. The van der Waals surface area contributed by atoms with Crippen molar-refractivity contribution in [2.45, 2.75) is 25.7 Å². The molecular formula is C14H19ClN. The van der Waals surface area contributed by atoms with Gasteiger partial charge in [0.05, 0.1) is 0 Å². The van der Waals surface area contributed by atoms with Gasteiger partial charge in [-0.05, 0) is 37.1 Å². The summed E-state index contributed by atoms with van der Waals surface area (Å²) in [6.45, 7) is 5.78. The molecule has 0 aliphatic carbocycles. The van der Waals surface area contributed by atoms with Gasteiger partial charge in [-0.1, -0.05) is 37.1 Å². The van der Waals surface area contributed by atoms with Crippen molar-refractivity contribution >= 4 is 11.6 Å². The van der Waals surface area contributed by atoms with Crippen LogP contribution in [0.2, 0.25) is 5.02 Å². The summed E-state index contributed by atoms with van der Waals surface area (Å²) in [5, 5.41) is 0.824. The summed E-state index contributed by atoms with van der Waals surface area (Å²) in [7, 11) is 0. The Balaban J connectivity index is 1.90. The topological polar surface area (TPSA) is 3.24 Å². The van der Waals surface area contributed by atoms with E-state index in [2.05, 4.69) is 30.4 Å². The number of nitrogens with zero attached hydrogens (tertiary/aromatic N) is 1. The Morgan fingerprint density at radius 3 is 2.75 bits per heavy atom. The third-order valence-electron chi connectivity index (χ3n) is 3.23. The van der Waals surface area contributed by atoms with Crippen LogP contribution in [-0.4, -0.2) is 24.5 Å². The van der Waals surface area contributed by atoms with Crippen LogP contribution >= 0.6 is 11.6 Å². The average molecular weight is 237 g/mol. The molecule has 1 aliphatic rings. The van der Waals surface area contributed by atoms with Gasteiger partial charge in [0.2, 0.25) is 0 Å². The highest BCUT2D eigenvalue weighted by molar-refractivity contribution is 6.30. The third kappa shape index (κ3) is 2.99. The van der Waals surface area contributed by atoms with Gasteiger partial charge >= 0.3 is 0 Å². The van der Waals surface area contributed by atoms with E-state index in [9.17, 15) is 0 Å². The normalized spacial score (nSPS) is 21.5. The zero-order valence-corrected chi connectivity index (χ0v) is 10.6. The summed E-state index contributed by atoms with van der Waals surface area (Å²) < 4.78 is 0. The first-order valence-corrected chi connectivity index (χ1v) is 6.48. The van der Waals surface area contributed by atoms with E-state index in [1.54, 1.807) is 0 Å². The number of benzene rings is 1. The second kappa shape index (κ2) is 5.70. The van der Waals surface area contributed by atoms with Crippen molar-refractivity contribution in [3.63, 3.8) is 0 Å². The molecule has 1 heterocycles. The highest BCUT2D eigenvalue weighted by Crippen LogP contribution is 2.27. The van der Waals surface area contributed by atoms with Gasteiger partial charge in [-0.3, -0.25) is 0 Å². The van der Waals surface area contributed by atoms with Gasteiger partial charge < -0.3 is 4.90 Å². The highest BCUT2D eigenvalue weighted by atomic mass is 35.5. The van der Waals surface area contributed by atoms with E-state index in [0.29, 0.717) is 5.92 Å². The number of likely N-dealkylation sites (tertiary alicyclic amines) is 1. The monoisotopic (exact) mass is 236 g/mol. The number of unbranched alkanes of at least 4 members (excludes halogenated alkanes) is 1. The smallest absolute Gasteiger partial charge is 0.0406 e. The Labute approximate surface area is 103 Å². The fourth-order valence-corrected chi connectivity index (χ4v) is 2.35. The molecule has 1 aromatic rings. The zero-order chi connectivity index (χ0) is 11.4. The van der Waals surface area contributed by atoms with E-state index >= 15 is 0 Å². The molecule has 16 heavy (non-hydrogen) atoms. The molecule has 1 aromatic carbocycles. The first-order valence-electron chi connectivity index (χ1n) is 6.10. The first kappa shape index (κ1) is 11.9. The molecule has 1 fully saturated rings. The molecule has 0 amide bonds. The van der Waals surface area contributed by atoms with E-state index in [0.717, 1.165) is 11.6 Å². The molecule has 1 nitrogen and oxygen atoms in total. The first-order chi connectivity index (χ1) is 7.79. The van der Waals surface area contributed by atoms with Gasteiger partial charge in [0.1, 0.15) is 0 Å². The summed E-state index contributed by atoms with van der Waals surface area (Å²) in [5.74, 6) is 0.592. The lowest BCUT2D eigenvalue weighted by atomic mass is 9.99. The van der Waals surface area contributed by atoms with Crippen LogP contribution in [0.25, 0.3) is 0 Å². The van der Waals surface area contributed by atoms with Crippen molar-refractivity contribution in [2.75, 3.05) is 19.6 Å². The molecule has 0 N–H and O–H groups in total. The SMILES string of the molecule is CCCCN1C[CH]C(c2ccc(Cl)cc2)C1. The molecule has 0 aromatic heterocycles. The van der Waals surface area contributed by atoms with E-state index in [1.807, 2.05) is 12.1 Å². The molecule has 1 aliphatic heterocycles. The maximum atomic E-state index is 5.89. The molecule has 2 rings (SSSR count). The van der Waals surface area contributed by atoms with Crippen LogP contribution in [0.3, 0.4) is 0 Å². The van der Waals surface area contributed by atoms with Crippen molar-refractivity contribution in [3.05, 3.63) is 41.3 Å². The van der Waals surface area contributed by atoms with Crippen LogP contribution in [0.15, 0.2) is 24.3 Å². The van der Waals surface area contributed by atoms with Crippen LogP contribution < -0.4 is 0 Å². The Morgan fingerprint density at radius 2 is 2.06 bits per heavy atom. The standard InChI is InChI=1S/C14H19ClN/c1-2-3-9-16-10-8-13(11-16)12-4-6-14(15)7-5-12/h4-8,13H,2-3,9-11H2,1H3. The van der Waals surface area contributed by atoms with E-state index in [4.69, 9.17) is 11.6 Å². The number of hydrogen-bond donors (Lipinski definition) is 0. The number of rotatable bonds is 4. The highest BCUT2D eigenvalue weighted by Gasteiger charge is 2.23. The van der Waals surface area contributed by atoms with Crippen molar-refractivity contribution < 1.29 is 0 Å². The summed E-state index contributed by atoms with van der Waals surface area (Å²) in [4.78, 5) is 2.53. The molecule has 1 saturated heterocycles. The molecule has 1 radical (unpaired) electrons. The molecule has 1 atom stereocenters. The van der Waals surface area contributed by atoms with Crippen molar-refractivity contribution in [3.8, 4) is 0 Å². The Bertz CT molecular complexity index is 320. The second-order valence-electron chi connectivity index (χ2n) is 4.51. The van der Waals surface area contributed by atoms with Gasteiger partial charge in [0, 0.05) is 24.0 Å². The van der Waals surface area contributed by atoms with Gasteiger partial charge in [0.15, 0.2) is 0 Å². The average Bonchev–Trinajstić information content (AvgIpc) is 2.76. The number of halogens is 1. The quantitative estimate of drug-likeness (QED) is 0.770. The Hall–Kier alpha value is -0.530. The predicted molar refractivity (Wildman–Crippen MR) is 69.8 cm³/mol. The van der Waals surface area contributed by atoms with Crippen LogP contribution in [0, 0.1) is 6.42 Å². The summed E-state index contributed by atoms with van der Waals surface area (Å²) >= 11 is 5.89. The van der Waals surface area contributed by atoms with Crippen LogP contribution in [0.4, 0.5) is 0 Å². The molecule has 0 spiro atoms. The van der Waals surface area contributed by atoms with Crippen molar-refractivity contribution in [2.24, 2.45) is 0 Å². The fraction of sp³-hybridized carbons (Fsp3) is 0.500. The van der Waals surface area contributed by atoms with E-state index in [-0.39, 0.29) is 0 Å². The minimum atomic E-state index is 0.592. The lowest BCUT2D eigenvalue weighted by Crippen LogP contribution is -2.21. The molecular weight excluding hydrogens is 218 g/mol. The third-order valence-corrected chi connectivity index (χ3v) is 3.48. The Morgan fingerprint density at radius 1 is 1.31 bits per heavy atom. The summed E-state index contributed by atoms with van der Waals surface area (Å²) in [6, 6.07) is 8.26. The minimum absolute atomic E-state index is 0.592. The maximum Gasteiger partial charge on any atom is 0.0406 e. The van der Waals surface area contributed by atoms with Crippen molar-refractivity contribution in [1.82, 2.24) is 4.90 Å². The lowest BCUT2D eigenvalue weighted by molar-refractivity contribution is 0.331. The lowest BCUT2D eigenvalue weighted by Gasteiger charge is -2.15. The second-order valence-corrected chi connectivity index (χ2v) is 4.94. The summed E-state index contributed by atoms with van der Waals surface area (Å²) in [6.07, 6.45) is 5.00. The van der Waals surface area contributed by atoms with Crippen LogP contribution in [0.1, 0.15) is 31.2 Å². The number of hydrogen-bond acceptors (Lipinski definition) is 1. The Kier molecular flexibility index (Phi) is 4.25. The molecule has 1 unspecified atom stereocenters. The molecule has 0 bridgehead atoms. The largest absolute Gasteiger partial charge is 0.302 e. The van der Waals surface area contributed by atoms with Gasteiger partial charge in [0.25, 0.3) is 0 Å². The van der Waals surface area contributed by atoms with Gasteiger partial charge in [-0.2, -0.15) is 0 Å². The molecule has 2 heteroatoms. The summed E-state index contributed by atoms with van der Waals surface area (Å²) in [5.41, 5.74) is 1.39. The predicted octanol–water partition coefficient (Wildman–Crippen LogP) is 3.74. The van der Waals surface area contributed by atoms with Gasteiger partial charge in [-0.25, -0.2) is 0 Å². The molecule has 87 valence electrons.